The molecule has 196 valence electrons. The zero-order valence-corrected chi connectivity index (χ0v) is 22.0. The van der Waals surface area contributed by atoms with E-state index < -0.39 is 35.3 Å². The van der Waals surface area contributed by atoms with Crippen LogP contribution in [0.25, 0.3) is 0 Å². The summed E-state index contributed by atoms with van der Waals surface area (Å²) < 4.78 is 0. The van der Waals surface area contributed by atoms with Crippen LogP contribution in [0.15, 0.2) is 66.7 Å². The van der Waals surface area contributed by atoms with Crippen LogP contribution in [0.5, 0.6) is 0 Å². The molecule has 3 aromatic rings. The second-order valence-electron chi connectivity index (χ2n) is 9.36. The van der Waals surface area contributed by atoms with Gasteiger partial charge in [-0.3, -0.25) is 9.59 Å². The zero-order valence-electron chi connectivity index (χ0n) is 20.5. The van der Waals surface area contributed by atoms with E-state index in [1.807, 2.05) is 0 Å². The van der Waals surface area contributed by atoms with E-state index in [0.717, 1.165) is 4.90 Å². The van der Waals surface area contributed by atoms with Crippen LogP contribution in [-0.2, 0) is 4.79 Å². The van der Waals surface area contributed by atoms with E-state index in [-0.39, 0.29) is 39.9 Å². The third-order valence-electron chi connectivity index (χ3n) is 7.28. The third kappa shape index (κ3) is 4.18. The lowest BCUT2D eigenvalue weighted by molar-refractivity contribution is -0.124. The molecule has 2 saturated heterocycles. The number of aromatic carboxylic acids is 1. The fraction of sp³-hybridized carbons (Fsp3) is 0.179. The Balaban J connectivity index is 1.63. The first-order valence-corrected chi connectivity index (χ1v) is 12.5. The van der Waals surface area contributed by atoms with Gasteiger partial charge in [-0.05, 0) is 48.0 Å². The first-order valence-electron chi connectivity index (χ1n) is 11.8. The number of imide groups is 1. The lowest BCUT2D eigenvalue weighted by atomic mass is 9.80. The number of amides is 4. The zero-order chi connectivity index (χ0) is 28.1. The van der Waals surface area contributed by atoms with Gasteiger partial charge in [0.25, 0.3) is 11.8 Å². The van der Waals surface area contributed by atoms with E-state index in [1.54, 1.807) is 30.3 Å². The lowest BCUT2D eigenvalue weighted by Crippen LogP contribution is -2.54. The highest BCUT2D eigenvalue weighted by Gasteiger charge is 2.65. The fourth-order valence-electron chi connectivity index (χ4n) is 5.39. The molecule has 2 unspecified atom stereocenters. The van der Waals surface area contributed by atoms with Gasteiger partial charge in [0.15, 0.2) is 0 Å². The minimum atomic E-state index is -1.52. The number of carbonyl (C=O) groups is 4. The molecule has 3 aromatic carbocycles. The number of nitrogens with zero attached hydrogens (tertiary/aromatic N) is 4. The van der Waals surface area contributed by atoms with Gasteiger partial charge in [-0.1, -0.05) is 47.5 Å². The second-order valence-corrected chi connectivity index (χ2v) is 10.2. The molecule has 2 fully saturated rings. The molecule has 0 aliphatic carbocycles. The van der Waals surface area contributed by atoms with Crippen molar-refractivity contribution in [3.05, 3.63) is 99.0 Å². The van der Waals surface area contributed by atoms with Crippen molar-refractivity contribution in [2.45, 2.75) is 11.5 Å². The van der Waals surface area contributed by atoms with Crippen LogP contribution in [0.4, 0.5) is 10.5 Å². The average Bonchev–Trinajstić information content (AvgIpc) is 3.40. The van der Waals surface area contributed by atoms with Crippen molar-refractivity contribution >= 4 is 52.7 Å². The van der Waals surface area contributed by atoms with E-state index in [1.165, 1.54) is 53.2 Å². The van der Waals surface area contributed by atoms with Crippen LogP contribution < -0.4 is 4.90 Å². The molecule has 0 bridgehead atoms. The van der Waals surface area contributed by atoms with Crippen LogP contribution in [0.3, 0.4) is 0 Å². The number of rotatable bonds is 4. The molecule has 39 heavy (non-hydrogen) atoms. The Morgan fingerprint density at radius 1 is 1.00 bits per heavy atom. The largest absolute Gasteiger partial charge is 0.478 e. The van der Waals surface area contributed by atoms with Crippen LogP contribution in [0.1, 0.15) is 37.8 Å². The average molecular weight is 563 g/mol. The number of anilines is 1. The molecule has 1 N–H and O–H groups in total. The van der Waals surface area contributed by atoms with Gasteiger partial charge in [0.2, 0.25) is 0 Å². The number of nitriles is 1. The number of carboxylic acids is 1. The number of carbonyl (C=O) groups excluding carboxylic acids is 3. The second kappa shape index (κ2) is 9.73. The summed E-state index contributed by atoms with van der Waals surface area (Å²) in [7, 11) is 1.49. The highest BCUT2D eigenvalue weighted by molar-refractivity contribution is 6.36. The molecule has 2 aliphatic heterocycles. The van der Waals surface area contributed by atoms with Crippen molar-refractivity contribution in [1.29, 1.82) is 5.26 Å². The summed E-state index contributed by atoms with van der Waals surface area (Å²) in [6, 6.07) is 18.2. The molecular weight excluding hydrogens is 543 g/mol. The van der Waals surface area contributed by atoms with Gasteiger partial charge in [0.05, 0.1) is 35.0 Å². The number of hydrogen-bond acceptors (Lipinski definition) is 5. The van der Waals surface area contributed by atoms with Crippen molar-refractivity contribution in [3.8, 4) is 6.07 Å². The van der Waals surface area contributed by atoms with Gasteiger partial charge in [0.1, 0.15) is 5.54 Å². The Morgan fingerprint density at radius 2 is 1.62 bits per heavy atom. The maximum Gasteiger partial charge on any atom is 0.336 e. The van der Waals surface area contributed by atoms with E-state index in [4.69, 9.17) is 23.2 Å². The molecule has 0 aromatic heterocycles. The summed E-state index contributed by atoms with van der Waals surface area (Å²) >= 11 is 12.3. The fourth-order valence-corrected chi connectivity index (χ4v) is 5.90. The molecule has 2 atom stereocenters. The first-order chi connectivity index (χ1) is 18.6. The van der Waals surface area contributed by atoms with Crippen molar-refractivity contribution in [1.82, 2.24) is 9.80 Å². The molecule has 0 saturated carbocycles. The number of likely N-dealkylation sites (tertiary alicyclic amines) is 1. The molecule has 9 nitrogen and oxygen atoms in total. The van der Waals surface area contributed by atoms with Crippen LogP contribution in [-0.4, -0.2) is 64.4 Å². The molecule has 4 amide bonds. The van der Waals surface area contributed by atoms with Crippen molar-refractivity contribution in [3.63, 3.8) is 0 Å². The van der Waals surface area contributed by atoms with Crippen LogP contribution in [0.2, 0.25) is 10.0 Å². The van der Waals surface area contributed by atoms with E-state index >= 15 is 0 Å². The molecule has 2 aliphatic rings. The number of benzene rings is 3. The molecule has 5 rings (SSSR count). The highest BCUT2D eigenvalue weighted by Crippen LogP contribution is 2.47. The molecule has 2 heterocycles. The van der Waals surface area contributed by atoms with E-state index in [9.17, 15) is 29.5 Å². The summed E-state index contributed by atoms with van der Waals surface area (Å²) in [5, 5.41) is 19.4. The minimum Gasteiger partial charge on any atom is -0.478 e. The topological polar surface area (TPSA) is 122 Å². The summed E-state index contributed by atoms with van der Waals surface area (Å²) in [5.41, 5.74) is -0.491. The summed E-state index contributed by atoms with van der Waals surface area (Å²) in [5.74, 6) is -3.11. The molecular formula is C28H20Cl2N4O5. The number of carboxylic acid groups (broad SMARTS) is 1. The van der Waals surface area contributed by atoms with Gasteiger partial charge in [-0.2, -0.15) is 5.26 Å². The Morgan fingerprint density at radius 3 is 2.21 bits per heavy atom. The van der Waals surface area contributed by atoms with Gasteiger partial charge in [-0.25, -0.2) is 14.5 Å². The maximum absolute atomic E-state index is 14.3. The smallest absolute Gasteiger partial charge is 0.336 e. The minimum absolute atomic E-state index is 0.0200. The normalized spacial score (nSPS) is 20.6. The predicted octanol–water partition coefficient (Wildman–Crippen LogP) is 4.64. The number of halogens is 2. The molecule has 11 heteroatoms. The predicted molar refractivity (Wildman–Crippen MR) is 143 cm³/mol. The third-order valence-corrected chi connectivity index (χ3v) is 7.72. The van der Waals surface area contributed by atoms with E-state index in [2.05, 4.69) is 6.07 Å². The molecule has 0 radical (unpaired) electrons. The Kier molecular flexibility index (Phi) is 6.54. The monoisotopic (exact) mass is 562 g/mol. The van der Waals surface area contributed by atoms with Crippen molar-refractivity contribution in [2.75, 3.05) is 25.0 Å². The van der Waals surface area contributed by atoms with Crippen molar-refractivity contribution in [2.24, 2.45) is 0 Å². The molecule has 1 spiro atoms. The number of urea groups is 1. The summed E-state index contributed by atoms with van der Waals surface area (Å²) in [4.78, 5) is 57.0. The van der Waals surface area contributed by atoms with Crippen LogP contribution in [0, 0.1) is 11.3 Å². The number of likely N-dealkylation sites (N-methyl/N-ethyl adjacent to an activating group) is 1. The Labute approximate surface area is 233 Å². The van der Waals surface area contributed by atoms with Gasteiger partial charge >= 0.3 is 12.0 Å². The van der Waals surface area contributed by atoms with E-state index in [0.29, 0.717) is 11.1 Å². The highest BCUT2D eigenvalue weighted by atomic mass is 35.5. The lowest BCUT2D eigenvalue weighted by Gasteiger charge is -2.33. The van der Waals surface area contributed by atoms with Gasteiger partial charge in [-0.15, -0.1) is 0 Å². The Bertz CT molecular complexity index is 1570. The number of hydrogen-bond donors (Lipinski definition) is 1. The van der Waals surface area contributed by atoms with Gasteiger partial charge < -0.3 is 14.9 Å². The maximum atomic E-state index is 14.3. The summed E-state index contributed by atoms with van der Waals surface area (Å²) in [6.07, 6.45) is 0. The van der Waals surface area contributed by atoms with Crippen molar-refractivity contribution < 1.29 is 24.3 Å². The standard InChI is InChI=1S/C28H20Cl2N4O5/c1-32-27(39)34(20-11-18(29)10-19(30)12-20)26(38)28(32)15-33(14-23(28)17-8-6-16(13-31)7-9-17)24(35)21-4-2-3-5-22(21)25(36)37/h2-12,23H,14-15H2,1H3,(H,36,37). The Hall–Kier alpha value is -4.39. The summed E-state index contributed by atoms with van der Waals surface area (Å²) in [6.45, 7) is -0.164. The SMILES string of the molecule is CN1C(=O)N(c2cc(Cl)cc(Cl)c2)C(=O)C12CN(C(=O)c1ccccc1C(=O)O)CC2c1ccc(C#N)cc1. The quantitative estimate of drug-likeness (QED) is 0.462. The first kappa shape index (κ1) is 26.2. The van der Waals surface area contributed by atoms with Crippen LogP contribution >= 0.6 is 23.2 Å². The van der Waals surface area contributed by atoms with Gasteiger partial charge in [0, 0.05) is 29.6 Å².